The van der Waals surface area contributed by atoms with Crippen molar-refractivity contribution in [1.29, 1.82) is 0 Å². The SMILES string of the molecule is COC(=O)c1ccc(N2CCN(c3cccc(C(=O)OC)c3-n3cccc3)CC2)cc1. The lowest BCUT2D eigenvalue weighted by Crippen LogP contribution is -2.47. The molecule has 0 bridgehead atoms. The Morgan fingerprint density at radius 1 is 0.742 bits per heavy atom. The number of methoxy groups -OCH3 is 2. The number of hydrogen-bond donors (Lipinski definition) is 0. The van der Waals surface area contributed by atoms with Gasteiger partial charge in [-0.25, -0.2) is 9.59 Å². The smallest absolute Gasteiger partial charge is 0.340 e. The molecule has 1 aliphatic rings. The second-order valence-electron chi connectivity index (χ2n) is 7.27. The summed E-state index contributed by atoms with van der Waals surface area (Å²) >= 11 is 0. The van der Waals surface area contributed by atoms with Crippen LogP contribution in [0.25, 0.3) is 5.69 Å². The highest BCUT2D eigenvalue weighted by Gasteiger charge is 2.24. The van der Waals surface area contributed by atoms with Crippen LogP contribution in [-0.2, 0) is 9.47 Å². The van der Waals surface area contributed by atoms with Gasteiger partial charge in [-0.15, -0.1) is 0 Å². The number of esters is 2. The number of nitrogens with zero attached hydrogens (tertiary/aromatic N) is 3. The van der Waals surface area contributed by atoms with Crippen molar-refractivity contribution in [2.75, 3.05) is 50.2 Å². The zero-order valence-electron chi connectivity index (χ0n) is 17.7. The van der Waals surface area contributed by atoms with Gasteiger partial charge in [-0.3, -0.25) is 0 Å². The highest BCUT2D eigenvalue weighted by Crippen LogP contribution is 2.30. The largest absolute Gasteiger partial charge is 0.465 e. The van der Waals surface area contributed by atoms with Gasteiger partial charge in [0.15, 0.2) is 0 Å². The van der Waals surface area contributed by atoms with Crippen LogP contribution in [0.3, 0.4) is 0 Å². The molecule has 0 radical (unpaired) electrons. The van der Waals surface area contributed by atoms with Gasteiger partial charge in [-0.2, -0.15) is 0 Å². The zero-order chi connectivity index (χ0) is 21.8. The standard InChI is InChI=1S/C24H25N3O4/c1-30-23(28)18-8-10-19(11-9-18)25-14-16-26(17-15-25)21-7-5-6-20(24(29)31-2)22(21)27-12-3-4-13-27/h3-13H,14-17H2,1-2H3. The van der Waals surface area contributed by atoms with Crippen LogP contribution >= 0.6 is 0 Å². The van der Waals surface area contributed by atoms with E-state index in [1.165, 1.54) is 14.2 Å². The second kappa shape index (κ2) is 8.95. The highest BCUT2D eigenvalue weighted by atomic mass is 16.5. The summed E-state index contributed by atoms with van der Waals surface area (Å²) in [6, 6.07) is 17.1. The number of carbonyl (C=O) groups is 2. The molecule has 1 aromatic heterocycles. The normalized spacial score (nSPS) is 13.7. The highest BCUT2D eigenvalue weighted by molar-refractivity contribution is 5.96. The maximum absolute atomic E-state index is 12.4. The van der Waals surface area contributed by atoms with E-state index < -0.39 is 0 Å². The Morgan fingerprint density at radius 3 is 1.97 bits per heavy atom. The monoisotopic (exact) mass is 419 g/mol. The third-order valence-electron chi connectivity index (χ3n) is 5.56. The molecule has 2 heterocycles. The van der Waals surface area contributed by atoms with Crippen molar-refractivity contribution in [3.8, 4) is 5.69 Å². The van der Waals surface area contributed by atoms with Gasteiger partial charge in [-0.05, 0) is 48.5 Å². The van der Waals surface area contributed by atoms with Crippen LogP contribution in [0, 0.1) is 0 Å². The van der Waals surface area contributed by atoms with Crippen LogP contribution in [0.4, 0.5) is 11.4 Å². The molecule has 1 aliphatic heterocycles. The summed E-state index contributed by atoms with van der Waals surface area (Å²) in [6.07, 6.45) is 3.87. The Bertz CT molecular complexity index is 1050. The maximum Gasteiger partial charge on any atom is 0.340 e. The van der Waals surface area contributed by atoms with Crippen LogP contribution in [-0.4, -0.2) is 56.9 Å². The lowest BCUT2D eigenvalue weighted by atomic mass is 10.1. The van der Waals surface area contributed by atoms with E-state index in [1.807, 2.05) is 53.4 Å². The van der Waals surface area contributed by atoms with Crippen LogP contribution in [0.5, 0.6) is 0 Å². The summed E-state index contributed by atoms with van der Waals surface area (Å²) in [5.74, 6) is -0.686. The van der Waals surface area contributed by atoms with Gasteiger partial charge in [0, 0.05) is 44.3 Å². The van der Waals surface area contributed by atoms with E-state index in [0.717, 1.165) is 43.2 Å². The van der Waals surface area contributed by atoms with Crippen LogP contribution < -0.4 is 9.80 Å². The summed E-state index contributed by atoms with van der Waals surface area (Å²) in [4.78, 5) is 28.6. The molecular formula is C24H25N3O4. The van der Waals surface area contributed by atoms with Gasteiger partial charge in [-0.1, -0.05) is 6.07 Å². The number of rotatable bonds is 5. The number of ether oxygens (including phenoxy) is 2. The van der Waals surface area contributed by atoms with Gasteiger partial charge >= 0.3 is 11.9 Å². The number of aromatic nitrogens is 1. The molecule has 1 saturated heterocycles. The molecule has 7 nitrogen and oxygen atoms in total. The summed E-state index contributed by atoms with van der Waals surface area (Å²) in [7, 11) is 2.78. The molecule has 0 N–H and O–H groups in total. The Morgan fingerprint density at radius 2 is 1.35 bits per heavy atom. The molecule has 0 amide bonds. The molecule has 0 unspecified atom stereocenters. The van der Waals surface area contributed by atoms with Crippen LogP contribution in [0.2, 0.25) is 0 Å². The summed E-state index contributed by atoms with van der Waals surface area (Å²) < 4.78 is 11.7. The van der Waals surface area contributed by atoms with E-state index in [2.05, 4.69) is 9.80 Å². The lowest BCUT2D eigenvalue weighted by Gasteiger charge is -2.38. The number of benzene rings is 2. The van der Waals surface area contributed by atoms with E-state index >= 15 is 0 Å². The first kappa shape index (κ1) is 20.5. The number of hydrogen-bond acceptors (Lipinski definition) is 6. The molecule has 4 rings (SSSR count). The molecule has 0 atom stereocenters. The van der Waals surface area contributed by atoms with Crippen molar-refractivity contribution in [3.63, 3.8) is 0 Å². The first-order chi connectivity index (χ1) is 15.1. The minimum atomic E-state index is -0.352. The van der Waals surface area contributed by atoms with E-state index in [1.54, 1.807) is 18.2 Å². The molecule has 0 spiro atoms. The lowest BCUT2D eigenvalue weighted by molar-refractivity contribution is 0.0592. The molecule has 7 heteroatoms. The van der Waals surface area contributed by atoms with Crippen molar-refractivity contribution >= 4 is 23.3 Å². The number of para-hydroxylation sites is 1. The topological polar surface area (TPSA) is 64.0 Å². The molecule has 31 heavy (non-hydrogen) atoms. The second-order valence-corrected chi connectivity index (χ2v) is 7.27. The molecule has 160 valence electrons. The Kier molecular flexibility index (Phi) is 5.93. The van der Waals surface area contributed by atoms with Crippen LogP contribution in [0.1, 0.15) is 20.7 Å². The third-order valence-corrected chi connectivity index (χ3v) is 5.56. The van der Waals surface area contributed by atoms with E-state index in [9.17, 15) is 9.59 Å². The quantitative estimate of drug-likeness (QED) is 0.591. The Labute approximate surface area is 181 Å². The number of anilines is 2. The third kappa shape index (κ3) is 4.12. The Hall–Kier alpha value is -3.74. The van der Waals surface area contributed by atoms with Gasteiger partial charge in [0.25, 0.3) is 0 Å². The van der Waals surface area contributed by atoms with E-state index in [4.69, 9.17) is 9.47 Å². The fourth-order valence-electron chi connectivity index (χ4n) is 3.95. The van der Waals surface area contributed by atoms with Crippen molar-refractivity contribution in [3.05, 3.63) is 78.1 Å². The fraction of sp³-hybridized carbons (Fsp3) is 0.250. The summed E-state index contributed by atoms with van der Waals surface area (Å²) in [5, 5.41) is 0. The molecule has 1 fully saturated rings. The van der Waals surface area contributed by atoms with Crippen LogP contribution in [0.15, 0.2) is 67.0 Å². The van der Waals surface area contributed by atoms with Gasteiger partial charge in [0.2, 0.25) is 0 Å². The molecular weight excluding hydrogens is 394 g/mol. The van der Waals surface area contributed by atoms with Crippen molar-refractivity contribution < 1.29 is 19.1 Å². The van der Waals surface area contributed by atoms with Gasteiger partial charge in [0.1, 0.15) is 0 Å². The summed E-state index contributed by atoms with van der Waals surface area (Å²) in [5.41, 5.74) is 3.98. The predicted molar refractivity (Wildman–Crippen MR) is 119 cm³/mol. The Balaban J connectivity index is 1.55. The first-order valence-electron chi connectivity index (χ1n) is 10.2. The van der Waals surface area contributed by atoms with Gasteiger partial charge < -0.3 is 23.8 Å². The molecule has 0 saturated carbocycles. The molecule has 3 aromatic rings. The average Bonchev–Trinajstić information content (AvgIpc) is 3.37. The molecule has 0 aliphatic carbocycles. The van der Waals surface area contributed by atoms with Crippen molar-refractivity contribution in [2.24, 2.45) is 0 Å². The number of piperazine rings is 1. The minimum absolute atomic E-state index is 0.334. The zero-order valence-corrected chi connectivity index (χ0v) is 17.7. The fourth-order valence-corrected chi connectivity index (χ4v) is 3.95. The van der Waals surface area contributed by atoms with E-state index in [0.29, 0.717) is 11.1 Å². The van der Waals surface area contributed by atoms with E-state index in [-0.39, 0.29) is 11.9 Å². The summed E-state index contributed by atoms with van der Waals surface area (Å²) in [6.45, 7) is 3.26. The minimum Gasteiger partial charge on any atom is -0.465 e. The predicted octanol–water partition coefficient (Wildman–Crippen LogP) is 3.38. The van der Waals surface area contributed by atoms with Crippen molar-refractivity contribution in [1.82, 2.24) is 4.57 Å². The first-order valence-corrected chi connectivity index (χ1v) is 10.2. The van der Waals surface area contributed by atoms with Gasteiger partial charge in [0.05, 0.1) is 36.7 Å². The molecule has 2 aromatic carbocycles. The number of carbonyl (C=O) groups excluding carboxylic acids is 2. The van der Waals surface area contributed by atoms with Crippen molar-refractivity contribution in [2.45, 2.75) is 0 Å². The average molecular weight is 419 g/mol. The maximum atomic E-state index is 12.4.